The summed E-state index contributed by atoms with van der Waals surface area (Å²) in [6.07, 6.45) is 2.56. The number of nitrogens with one attached hydrogen (secondary N) is 1. The van der Waals surface area contributed by atoms with E-state index in [4.69, 9.17) is 4.74 Å². The molecule has 5 heteroatoms. The van der Waals surface area contributed by atoms with Crippen molar-refractivity contribution in [2.45, 2.75) is 51.7 Å². The summed E-state index contributed by atoms with van der Waals surface area (Å²) in [7, 11) is 0. The molecule has 0 spiro atoms. The number of aliphatic hydroxyl groups is 1. The Morgan fingerprint density at radius 2 is 2.26 bits per heavy atom. The molecule has 1 aromatic rings. The summed E-state index contributed by atoms with van der Waals surface area (Å²) >= 11 is 0. The summed E-state index contributed by atoms with van der Waals surface area (Å²) in [4.78, 5) is 14.1. The van der Waals surface area contributed by atoms with Gasteiger partial charge in [0.25, 0.3) is 0 Å². The molecule has 1 atom stereocenters. The Bertz CT molecular complexity index is 525. The third-order valence-corrected chi connectivity index (χ3v) is 4.23. The number of likely N-dealkylation sites (tertiary alicyclic amines) is 1. The van der Waals surface area contributed by atoms with E-state index in [0.29, 0.717) is 19.7 Å². The van der Waals surface area contributed by atoms with Crippen LogP contribution in [-0.2, 0) is 6.42 Å². The summed E-state index contributed by atoms with van der Waals surface area (Å²) in [6, 6.07) is 7.74. The topological polar surface area (TPSA) is 61.8 Å². The molecule has 2 N–H and O–H groups in total. The van der Waals surface area contributed by atoms with Crippen molar-refractivity contribution in [3.8, 4) is 5.75 Å². The predicted octanol–water partition coefficient (Wildman–Crippen LogP) is 2.57. The number of nitrogens with zero attached hydrogens (tertiary/aromatic N) is 1. The molecule has 0 saturated carbocycles. The molecule has 0 bridgehead atoms. The van der Waals surface area contributed by atoms with Gasteiger partial charge in [0.15, 0.2) is 0 Å². The molecule has 23 heavy (non-hydrogen) atoms. The van der Waals surface area contributed by atoms with Crippen molar-refractivity contribution >= 4 is 6.03 Å². The largest absolute Gasteiger partial charge is 0.494 e. The molecule has 1 aliphatic rings. The van der Waals surface area contributed by atoms with Crippen molar-refractivity contribution in [1.82, 2.24) is 10.2 Å². The quantitative estimate of drug-likeness (QED) is 0.847. The van der Waals surface area contributed by atoms with Gasteiger partial charge >= 0.3 is 6.03 Å². The number of carbonyl (C=O) groups is 1. The van der Waals surface area contributed by atoms with Crippen molar-refractivity contribution < 1.29 is 14.6 Å². The number of benzene rings is 1. The Morgan fingerprint density at radius 1 is 1.48 bits per heavy atom. The van der Waals surface area contributed by atoms with Gasteiger partial charge in [-0.1, -0.05) is 12.1 Å². The molecule has 1 heterocycles. The van der Waals surface area contributed by atoms with Gasteiger partial charge in [0.2, 0.25) is 0 Å². The van der Waals surface area contributed by atoms with Crippen molar-refractivity contribution in [2.24, 2.45) is 0 Å². The van der Waals surface area contributed by atoms with Gasteiger partial charge in [-0.15, -0.1) is 0 Å². The van der Waals surface area contributed by atoms with E-state index in [1.54, 1.807) is 18.7 Å². The van der Waals surface area contributed by atoms with Gasteiger partial charge in [0, 0.05) is 13.1 Å². The number of urea groups is 1. The highest BCUT2D eigenvalue weighted by Crippen LogP contribution is 2.26. The molecular formula is C18H28N2O3. The molecule has 1 saturated heterocycles. The van der Waals surface area contributed by atoms with E-state index in [-0.39, 0.29) is 12.1 Å². The van der Waals surface area contributed by atoms with Crippen LogP contribution in [0.1, 0.15) is 39.2 Å². The minimum Gasteiger partial charge on any atom is -0.494 e. The SMILES string of the molecule is CCOc1cccc(CCNC(=O)N2CCC[C@@H]2C(C)(C)O)c1. The van der Waals surface area contributed by atoms with Crippen LogP contribution in [0, 0.1) is 0 Å². The third-order valence-electron chi connectivity index (χ3n) is 4.23. The Labute approximate surface area is 138 Å². The molecule has 0 aromatic heterocycles. The van der Waals surface area contributed by atoms with Gasteiger partial charge in [0.05, 0.1) is 18.2 Å². The number of ether oxygens (including phenoxy) is 1. The van der Waals surface area contributed by atoms with E-state index in [1.807, 2.05) is 31.2 Å². The number of rotatable bonds is 6. The molecule has 1 fully saturated rings. The smallest absolute Gasteiger partial charge is 0.317 e. The lowest BCUT2D eigenvalue weighted by atomic mass is 9.97. The monoisotopic (exact) mass is 320 g/mol. The zero-order chi connectivity index (χ0) is 16.9. The number of hydrogen-bond donors (Lipinski definition) is 2. The van der Waals surface area contributed by atoms with E-state index in [1.165, 1.54) is 0 Å². The highest BCUT2D eigenvalue weighted by atomic mass is 16.5. The fourth-order valence-electron chi connectivity index (χ4n) is 3.12. The lowest BCUT2D eigenvalue weighted by molar-refractivity contribution is 0.00986. The summed E-state index contributed by atoms with van der Waals surface area (Å²) < 4.78 is 5.48. The first-order valence-corrected chi connectivity index (χ1v) is 8.40. The Morgan fingerprint density at radius 3 is 2.96 bits per heavy atom. The maximum absolute atomic E-state index is 12.3. The van der Waals surface area contributed by atoms with Crippen LogP contribution in [0.5, 0.6) is 5.75 Å². The van der Waals surface area contributed by atoms with E-state index in [2.05, 4.69) is 5.32 Å². The fraction of sp³-hybridized carbons (Fsp3) is 0.611. The Hall–Kier alpha value is -1.75. The van der Waals surface area contributed by atoms with Crippen LogP contribution in [0.4, 0.5) is 4.79 Å². The molecular weight excluding hydrogens is 292 g/mol. The summed E-state index contributed by atoms with van der Waals surface area (Å²) in [5.41, 5.74) is 0.274. The minimum absolute atomic E-state index is 0.0874. The zero-order valence-electron chi connectivity index (χ0n) is 14.3. The van der Waals surface area contributed by atoms with Crippen molar-refractivity contribution in [1.29, 1.82) is 0 Å². The fourth-order valence-corrected chi connectivity index (χ4v) is 3.12. The average Bonchev–Trinajstić information content (AvgIpc) is 2.97. The second kappa shape index (κ2) is 7.68. The van der Waals surface area contributed by atoms with Crippen LogP contribution in [0.25, 0.3) is 0 Å². The molecule has 128 valence electrons. The second-order valence-electron chi connectivity index (χ2n) is 6.57. The zero-order valence-corrected chi connectivity index (χ0v) is 14.3. The first-order valence-electron chi connectivity index (χ1n) is 8.40. The first-order chi connectivity index (χ1) is 10.9. The highest BCUT2D eigenvalue weighted by Gasteiger charge is 2.38. The van der Waals surface area contributed by atoms with Crippen LogP contribution in [-0.4, -0.2) is 47.4 Å². The van der Waals surface area contributed by atoms with E-state index in [9.17, 15) is 9.90 Å². The third kappa shape index (κ3) is 4.86. The van der Waals surface area contributed by atoms with Gasteiger partial charge in [-0.2, -0.15) is 0 Å². The molecule has 2 rings (SSSR count). The van der Waals surface area contributed by atoms with Crippen molar-refractivity contribution in [2.75, 3.05) is 19.7 Å². The lowest BCUT2D eigenvalue weighted by Crippen LogP contribution is -2.51. The van der Waals surface area contributed by atoms with Crippen LogP contribution < -0.4 is 10.1 Å². The number of amides is 2. The van der Waals surface area contributed by atoms with Crippen molar-refractivity contribution in [3.63, 3.8) is 0 Å². The Kier molecular flexibility index (Phi) is 5.88. The summed E-state index contributed by atoms with van der Waals surface area (Å²) in [5, 5.41) is 13.1. The lowest BCUT2D eigenvalue weighted by Gasteiger charge is -2.33. The van der Waals surface area contributed by atoms with Crippen LogP contribution in [0.2, 0.25) is 0 Å². The molecule has 2 amide bonds. The van der Waals surface area contributed by atoms with Gasteiger partial charge < -0.3 is 20.1 Å². The first kappa shape index (κ1) is 17.6. The van der Waals surface area contributed by atoms with Gasteiger partial charge in [0.1, 0.15) is 5.75 Å². The van der Waals surface area contributed by atoms with E-state index in [0.717, 1.165) is 30.6 Å². The van der Waals surface area contributed by atoms with Crippen LogP contribution >= 0.6 is 0 Å². The average molecular weight is 320 g/mol. The minimum atomic E-state index is -0.861. The predicted molar refractivity (Wildman–Crippen MR) is 90.7 cm³/mol. The van der Waals surface area contributed by atoms with Gasteiger partial charge in [-0.05, 0) is 57.7 Å². The summed E-state index contributed by atoms with van der Waals surface area (Å²) in [5.74, 6) is 0.859. The van der Waals surface area contributed by atoms with E-state index >= 15 is 0 Å². The van der Waals surface area contributed by atoms with Crippen LogP contribution in [0.15, 0.2) is 24.3 Å². The van der Waals surface area contributed by atoms with Crippen molar-refractivity contribution in [3.05, 3.63) is 29.8 Å². The molecule has 0 radical (unpaired) electrons. The molecule has 0 aliphatic carbocycles. The molecule has 1 aliphatic heterocycles. The number of carbonyl (C=O) groups excluding carboxylic acids is 1. The normalized spacial score (nSPS) is 18.1. The second-order valence-corrected chi connectivity index (χ2v) is 6.57. The highest BCUT2D eigenvalue weighted by molar-refractivity contribution is 5.75. The Balaban J connectivity index is 1.84. The molecule has 0 unspecified atom stereocenters. The maximum Gasteiger partial charge on any atom is 0.317 e. The van der Waals surface area contributed by atoms with E-state index < -0.39 is 5.60 Å². The van der Waals surface area contributed by atoms with Gasteiger partial charge in [-0.25, -0.2) is 4.79 Å². The number of hydrogen-bond acceptors (Lipinski definition) is 3. The van der Waals surface area contributed by atoms with Crippen LogP contribution in [0.3, 0.4) is 0 Å². The molecule has 1 aromatic carbocycles. The van der Waals surface area contributed by atoms with Gasteiger partial charge in [-0.3, -0.25) is 0 Å². The maximum atomic E-state index is 12.3. The standard InChI is InChI=1S/C18H28N2O3/c1-4-23-15-8-5-7-14(13-15)10-11-19-17(21)20-12-6-9-16(20)18(2,3)22/h5,7-8,13,16,22H,4,6,9-12H2,1-3H3,(H,19,21)/t16-/m1/s1. The molecule has 5 nitrogen and oxygen atoms in total. The summed E-state index contributed by atoms with van der Waals surface area (Å²) in [6.45, 7) is 7.42.